The third-order valence-electron chi connectivity index (χ3n) is 10.7. The van der Waals surface area contributed by atoms with Crippen LogP contribution in [0.4, 0.5) is 9.18 Å². The Morgan fingerprint density at radius 3 is 2.67 bits per heavy atom. The third kappa shape index (κ3) is 5.56. The van der Waals surface area contributed by atoms with Gasteiger partial charge in [-0.05, 0) is 74.0 Å². The van der Waals surface area contributed by atoms with Crippen LogP contribution >= 0.6 is 23.2 Å². The van der Waals surface area contributed by atoms with Crippen LogP contribution in [-0.4, -0.2) is 76.7 Å². The van der Waals surface area contributed by atoms with E-state index in [0.717, 1.165) is 42.4 Å². The molecule has 4 atom stereocenters. The molecule has 266 valence electrons. The number of pyridine rings is 2. The van der Waals surface area contributed by atoms with Crippen LogP contribution in [0.1, 0.15) is 59.5 Å². The number of methoxy groups -OCH3 is 1. The standard InChI is InChI=1S/C39H36Cl2FN7O3/c1-47(2)38(50)28-10-9-21(18-45-28)35-26-17-31(30-16-22-15-29(22)49(30)39(51)52-3)48(23-11-13-44-19-23)37(26)25-14-20(6-5-12-43)32(34(42)36(25)46-35)24-7-4-8-27(40)33(24)41/h4,7-10,14,17-18,22-23,29-30,44H,5-6,11,13,15-16,19H2,1-3H3. The SMILES string of the molecule is COC(=O)N1C(c2cc3c(-c4ccc(C(=O)N(C)C)nc4)nc4c(F)c(-c5cccc(Cl)c5Cl)c(CCC#N)cc4c3n2C2CCNC2)CC2CC21. The van der Waals surface area contributed by atoms with Crippen LogP contribution in [0.15, 0.2) is 48.7 Å². The minimum Gasteiger partial charge on any atom is -0.453 e. The number of hydrogen-bond donors (Lipinski definition) is 1. The summed E-state index contributed by atoms with van der Waals surface area (Å²) < 4.78 is 25.1. The molecular formula is C39H36Cl2FN7O3. The molecule has 1 aliphatic carbocycles. The van der Waals surface area contributed by atoms with Gasteiger partial charge in [0.15, 0.2) is 5.82 Å². The number of fused-ring (bicyclic) bond motifs is 4. The fourth-order valence-corrected chi connectivity index (χ4v) is 8.63. The van der Waals surface area contributed by atoms with Crippen LogP contribution < -0.4 is 5.32 Å². The number of carbonyl (C=O) groups is 2. The quantitative estimate of drug-likeness (QED) is 0.180. The Morgan fingerprint density at radius 1 is 1.15 bits per heavy atom. The van der Waals surface area contributed by atoms with Gasteiger partial charge in [-0.3, -0.25) is 14.7 Å². The Morgan fingerprint density at radius 2 is 1.98 bits per heavy atom. The lowest BCUT2D eigenvalue weighted by Crippen LogP contribution is -2.34. The summed E-state index contributed by atoms with van der Waals surface area (Å²) >= 11 is 13.2. The van der Waals surface area contributed by atoms with Gasteiger partial charge in [0, 0.05) is 78.5 Å². The highest BCUT2D eigenvalue weighted by atomic mass is 35.5. The van der Waals surface area contributed by atoms with Crippen molar-refractivity contribution in [3.63, 3.8) is 0 Å². The highest BCUT2D eigenvalue weighted by Gasteiger charge is 2.56. The highest BCUT2D eigenvalue weighted by Crippen LogP contribution is 2.55. The Labute approximate surface area is 310 Å². The zero-order valence-electron chi connectivity index (χ0n) is 28.9. The number of piperidine rings is 1. The van der Waals surface area contributed by atoms with Crippen LogP contribution in [-0.2, 0) is 11.2 Å². The number of ether oxygens (including phenoxy) is 1. The van der Waals surface area contributed by atoms with Gasteiger partial charge in [-0.2, -0.15) is 5.26 Å². The van der Waals surface area contributed by atoms with Crippen molar-refractivity contribution in [2.75, 3.05) is 34.3 Å². The van der Waals surface area contributed by atoms with E-state index < -0.39 is 5.82 Å². The summed E-state index contributed by atoms with van der Waals surface area (Å²) in [6, 6.07) is 14.6. The molecule has 2 aromatic carbocycles. The van der Waals surface area contributed by atoms with Crippen LogP contribution in [0.5, 0.6) is 0 Å². The Kier molecular flexibility index (Phi) is 8.80. The number of aryl methyl sites for hydroxylation is 1. The molecule has 4 unspecified atom stereocenters. The largest absolute Gasteiger partial charge is 0.453 e. The van der Waals surface area contributed by atoms with Crippen molar-refractivity contribution in [2.45, 2.75) is 50.2 Å². The molecule has 1 N–H and O–H groups in total. The minimum absolute atomic E-state index is 0.00765. The molecule has 3 fully saturated rings. The highest BCUT2D eigenvalue weighted by molar-refractivity contribution is 6.43. The number of nitrogens with zero attached hydrogens (tertiary/aromatic N) is 6. The van der Waals surface area contributed by atoms with Crippen LogP contribution in [0.25, 0.3) is 44.2 Å². The van der Waals surface area contributed by atoms with E-state index in [2.05, 4.69) is 27.0 Å². The molecule has 0 spiro atoms. The van der Waals surface area contributed by atoms with Crippen LogP contribution in [0.2, 0.25) is 10.0 Å². The molecule has 10 nitrogen and oxygen atoms in total. The van der Waals surface area contributed by atoms with Crippen LogP contribution in [0, 0.1) is 23.1 Å². The summed E-state index contributed by atoms with van der Waals surface area (Å²) in [6.07, 6.45) is 4.23. The number of nitrogens with one attached hydrogen (secondary N) is 1. The maximum atomic E-state index is 17.5. The van der Waals surface area contributed by atoms with Gasteiger partial charge in [0.05, 0.1) is 40.5 Å². The second-order valence-electron chi connectivity index (χ2n) is 14.0. The predicted octanol–water partition coefficient (Wildman–Crippen LogP) is 7.96. The molecule has 2 aliphatic heterocycles. The molecule has 3 aromatic heterocycles. The van der Waals surface area contributed by atoms with Crippen molar-refractivity contribution in [3.05, 3.63) is 81.5 Å². The first-order valence-electron chi connectivity index (χ1n) is 17.4. The zero-order valence-corrected chi connectivity index (χ0v) is 30.4. The number of halogens is 3. The van der Waals surface area contributed by atoms with Crippen molar-refractivity contribution in [2.24, 2.45) is 5.92 Å². The molecule has 0 radical (unpaired) electrons. The van der Waals surface area contributed by atoms with Gasteiger partial charge in [-0.1, -0.05) is 35.3 Å². The monoisotopic (exact) mass is 739 g/mol. The van der Waals surface area contributed by atoms with Crippen molar-refractivity contribution >= 4 is 57.0 Å². The fourth-order valence-electron chi connectivity index (χ4n) is 8.24. The minimum atomic E-state index is -0.581. The first-order chi connectivity index (χ1) is 25.1. The number of rotatable bonds is 7. The molecular weight excluding hydrogens is 704 g/mol. The van der Waals surface area contributed by atoms with Crippen LogP contribution in [0.3, 0.4) is 0 Å². The van der Waals surface area contributed by atoms with Gasteiger partial charge < -0.3 is 19.5 Å². The van der Waals surface area contributed by atoms with Crippen molar-refractivity contribution in [3.8, 4) is 28.5 Å². The normalized spacial score (nSPS) is 20.7. The molecule has 5 aromatic rings. The summed E-state index contributed by atoms with van der Waals surface area (Å²) in [5, 5.41) is 15.0. The predicted molar refractivity (Wildman–Crippen MR) is 198 cm³/mol. The summed E-state index contributed by atoms with van der Waals surface area (Å²) in [5.74, 6) is -0.438. The molecule has 13 heteroatoms. The van der Waals surface area contributed by atoms with Crippen molar-refractivity contribution in [1.29, 1.82) is 5.26 Å². The molecule has 5 heterocycles. The average Bonchev–Trinajstić information content (AvgIpc) is 3.47. The smallest absolute Gasteiger partial charge is 0.410 e. The van der Waals surface area contributed by atoms with Gasteiger partial charge in [0.2, 0.25) is 0 Å². The lowest BCUT2D eigenvalue weighted by Gasteiger charge is -2.29. The van der Waals surface area contributed by atoms with Crippen molar-refractivity contribution < 1.29 is 18.7 Å². The zero-order chi connectivity index (χ0) is 36.4. The number of aromatic nitrogens is 3. The van der Waals surface area contributed by atoms with E-state index in [1.54, 1.807) is 50.6 Å². The van der Waals surface area contributed by atoms with E-state index >= 15 is 4.39 Å². The molecule has 52 heavy (non-hydrogen) atoms. The average molecular weight is 741 g/mol. The Hall–Kier alpha value is -4.76. The molecule has 1 saturated carbocycles. The van der Waals surface area contributed by atoms with Gasteiger partial charge in [-0.15, -0.1) is 0 Å². The number of carbonyl (C=O) groups excluding carboxylic acids is 2. The van der Waals surface area contributed by atoms with E-state index in [0.29, 0.717) is 40.2 Å². The van der Waals surface area contributed by atoms with Gasteiger partial charge >= 0.3 is 6.09 Å². The Bertz CT molecular complexity index is 2310. The maximum Gasteiger partial charge on any atom is 0.410 e. The lowest BCUT2D eigenvalue weighted by molar-refractivity contribution is 0.0822. The van der Waals surface area contributed by atoms with Crippen molar-refractivity contribution in [1.82, 2.24) is 29.7 Å². The number of benzene rings is 2. The second-order valence-corrected chi connectivity index (χ2v) is 14.8. The van der Waals surface area contributed by atoms with Gasteiger partial charge in [0.25, 0.3) is 5.91 Å². The maximum absolute atomic E-state index is 17.5. The first-order valence-corrected chi connectivity index (χ1v) is 18.1. The number of amides is 2. The third-order valence-corrected chi connectivity index (χ3v) is 11.6. The Balaban J connectivity index is 1.47. The molecule has 3 aliphatic rings. The molecule has 8 rings (SSSR count). The molecule has 2 saturated heterocycles. The topological polar surface area (TPSA) is 116 Å². The summed E-state index contributed by atoms with van der Waals surface area (Å²) in [4.78, 5) is 38.9. The lowest BCUT2D eigenvalue weighted by atomic mass is 9.92. The number of hydrogen-bond acceptors (Lipinski definition) is 7. The summed E-state index contributed by atoms with van der Waals surface area (Å²) in [6.45, 7) is 1.50. The second kappa shape index (κ2) is 13.3. The van der Waals surface area contributed by atoms with E-state index in [1.165, 1.54) is 12.0 Å². The molecule has 0 bridgehead atoms. The first kappa shape index (κ1) is 34.3. The fraction of sp³-hybridized carbons (Fsp3) is 0.359. The van der Waals surface area contributed by atoms with E-state index in [1.807, 2.05) is 11.0 Å². The summed E-state index contributed by atoms with van der Waals surface area (Å²) in [7, 11) is 4.74. The van der Waals surface area contributed by atoms with Gasteiger partial charge in [-0.25, -0.2) is 14.2 Å². The van der Waals surface area contributed by atoms with E-state index in [4.69, 9.17) is 32.9 Å². The van der Waals surface area contributed by atoms with E-state index in [-0.39, 0.29) is 69.8 Å². The summed E-state index contributed by atoms with van der Waals surface area (Å²) in [5.41, 5.74) is 4.46. The number of nitriles is 1. The van der Waals surface area contributed by atoms with E-state index in [9.17, 15) is 14.9 Å². The molecule has 2 amide bonds. The van der Waals surface area contributed by atoms with Gasteiger partial charge in [0.1, 0.15) is 11.2 Å². The number of likely N-dealkylation sites (tertiary alicyclic amines) is 1.